The number of hydrogen-bond donors (Lipinski definition) is 0. The quantitative estimate of drug-likeness (QED) is 0.409. The normalized spacial score (nSPS) is 11.6. The van der Waals surface area contributed by atoms with Crippen molar-refractivity contribution in [3.05, 3.63) is 59.6 Å². The molecule has 0 fully saturated rings. The second-order valence-corrected chi connectivity index (χ2v) is 4.87. The molecule has 4 rings (SSSR count). The third-order valence-electron chi connectivity index (χ3n) is 3.30. The standard InChI is InChI=1S/C16H9ClO/c17-12-5-6-15-14(9-12)13-7-10-3-1-2-4-11(10)8-16(13)18-15/h1-9H. The van der Waals surface area contributed by atoms with Crippen LogP contribution in [-0.4, -0.2) is 0 Å². The second-order valence-electron chi connectivity index (χ2n) is 4.44. The summed E-state index contributed by atoms with van der Waals surface area (Å²) in [5.41, 5.74) is 1.79. The largest absolute Gasteiger partial charge is 0.456 e. The molecule has 0 radical (unpaired) electrons. The third kappa shape index (κ3) is 1.34. The van der Waals surface area contributed by atoms with Gasteiger partial charge in [-0.1, -0.05) is 35.9 Å². The van der Waals surface area contributed by atoms with Gasteiger partial charge in [-0.15, -0.1) is 0 Å². The lowest BCUT2D eigenvalue weighted by molar-refractivity contribution is 0.669. The van der Waals surface area contributed by atoms with Gasteiger partial charge >= 0.3 is 0 Å². The number of halogens is 1. The number of benzene rings is 3. The van der Waals surface area contributed by atoms with E-state index in [9.17, 15) is 0 Å². The van der Waals surface area contributed by atoms with Gasteiger partial charge in [0.05, 0.1) is 0 Å². The van der Waals surface area contributed by atoms with Gasteiger partial charge in [0, 0.05) is 15.8 Å². The Morgan fingerprint density at radius 3 is 2.28 bits per heavy atom. The summed E-state index contributed by atoms with van der Waals surface area (Å²) in [5.74, 6) is 0. The Balaban J connectivity index is 2.25. The highest BCUT2D eigenvalue weighted by Crippen LogP contribution is 2.33. The highest BCUT2D eigenvalue weighted by atomic mass is 35.5. The van der Waals surface area contributed by atoms with Crippen LogP contribution in [0, 0.1) is 0 Å². The minimum atomic E-state index is 0.735. The van der Waals surface area contributed by atoms with E-state index in [4.69, 9.17) is 16.0 Å². The Morgan fingerprint density at radius 1 is 0.722 bits per heavy atom. The van der Waals surface area contributed by atoms with Gasteiger partial charge < -0.3 is 4.42 Å². The first kappa shape index (κ1) is 9.98. The summed E-state index contributed by atoms with van der Waals surface area (Å²) in [6, 6.07) is 18.3. The molecule has 0 saturated carbocycles. The lowest BCUT2D eigenvalue weighted by atomic mass is 10.1. The average molecular weight is 253 g/mol. The van der Waals surface area contributed by atoms with E-state index >= 15 is 0 Å². The van der Waals surface area contributed by atoms with Crippen LogP contribution in [0.15, 0.2) is 59.0 Å². The molecule has 0 atom stereocenters. The van der Waals surface area contributed by atoms with E-state index in [1.807, 2.05) is 30.3 Å². The summed E-state index contributed by atoms with van der Waals surface area (Å²) < 4.78 is 5.86. The average Bonchev–Trinajstić information content (AvgIpc) is 2.73. The summed E-state index contributed by atoms with van der Waals surface area (Å²) in [6.45, 7) is 0. The molecule has 0 aliphatic rings. The molecule has 18 heavy (non-hydrogen) atoms. The molecule has 0 N–H and O–H groups in total. The van der Waals surface area contributed by atoms with Crippen LogP contribution in [0.5, 0.6) is 0 Å². The monoisotopic (exact) mass is 252 g/mol. The van der Waals surface area contributed by atoms with Gasteiger partial charge in [0.2, 0.25) is 0 Å². The zero-order valence-corrected chi connectivity index (χ0v) is 10.2. The van der Waals surface area contributed by atoms with Crippen molar-refractivity contribution in [2.75, 3.05) is 0 Å². The van der Waals surface area contributed by atoms with Crippen LogP contribution < -0.4 is 0 Å². The van der Waals surface area contributed by atoms with E-state index in [1.165, 1.54) is 10.8 Å². The zero-order chi connectivity index (χ0) is 12.1. The van der Waals surface area contributed by atoms with Crippen LogP contribution in [-0.2, 0) is 0 Å². The van der Waals surface area contributed by atoms with Gasteiger partial charge in [0.15, 0.2) is 0 Å². The van der Waals surface area contributed by atoms with E-state index in [0.717, 1.165) is 27.0 Å². The molecule has 86 valence electrons. The van der Waals surface area contributed by atoms with Gasteiger partial charge in [-0.3, -0.25) is 0 Å². The Labute approximate surface area is 109 Å². The van der Waals surface area contributed by atoms with Gasteiger partial charge in [-0.05, 0) is 41.1 Å². The molecule has 0 bridgehead atoms. The van der Waals surface area contributed by atoms with Crippen molar-refractivity contribution in [2.24, 2.45) is 0 Å². The predicted octanol–water partition coefficient (Wildman–Crippen LogP) is 5.39. The summed E-state index contributed by atoms with van der Waals surface area (Å²) in [7, 11) is 0. The molecule has 0 aliphatic carbocycles. The number of furan rings is 1. The molecule has 2 heteroatoms. The first-order chi connectivity index (χ1) is 8.81. The maximum absolute atomic E-state index is 6.05. The number of rotatable bonds is 0. The fraction of sp³-hybridized carbons (Fsp3) is 0. The minimum Gasteiger partial charge on any atom is -0.456 e. The lowest BCUT2D eigenvalue weighted by Gasteiger charge is -1.96. The smallest absolute Gasteiger partial charge is 0.136 e. The fourth-order valence-corrected chi connectivity index (χ4v) is 2.61. The van der Waals surface area contributed by atoms with Crippen LogP contribution in [0.3, 0.4) is 0 Å². The molecule has 4 aromatic rings. The molecule has 0 unspecified atom stereocenters. The molecule has 3 aromatic carbocycles. The lowest BCUT2D eigenvalue weighted by Crippen LogP contribution is -1.72. The molecule has 1 nitrogen and oxygen atoms in total. The molecule has 1 heterocycles. The van der Waals surface area contributed by atoms with Crippen molar-refractivity contribution in [3.8, 4) is 0 Å². The van der Waals surface area contributed by atoms with Crippen LogP contribution in [0.4, 0.5) is 0 Å². The maximum Gasteiger partial charge on any atom is 0.136 e. The summed E-state index contributed by atoms with van der Waals surface area (Å²) in [6.07, 6.45) is 0. The van der Waals surface area contributed by atoms with E-state index in [0.29, 0.717) is 0 Å². The molecule has 0 amide bonds. The van der Waals surface area contributed by atoms with Crippen LogP contribution in [0.1, 0.15) is 0 Å². The van der Waals surface area contributed by atoms with E-state index in [2.05, 4.69) is 24.3 Å². The van der Waals surface area contributed by atoms with Crippen molar-refractivity contribution >= 4 is 44.3 Å². The fourth-order valence-electron chi connectivity index (χ4n) is 2.43. The first-order valence-electron chi connectivity index (χ1n) is 5.82. The van der Waals surface area contributed by atoms with E-state index in [1.54, 1.807) is 0 Å². The number of fused-ring (bicyclic) bond motifs is 4. The van der Waals surface area contributed by atoms with Gasteiger partial charge in [0.1, 0.15) is 11.2 Å². The Morgan fingerprint density at radius 2 is 1.44 bits per heavy atom. The van der Waals surface area contributed by atoms with Gasteiger partial charge in [-0.25, -0.2) is 0 Å². The van der Waals surface area contributed by atoms with Crippen LogP contribution >= 0.6 is 11.6 Å². The highest BCUT2D eigenvalue weighted by molar-refractivity contribution is 6.31. The van der Waals surface area contributed by atoms with Crippen LogP contribution in [0.25, 0.3) is 32.7 Å². The zero-order valence-electron chi connectivity index (χ0n) is 9.48. The molecular formula is C16H9ClO. The molecule has 1 aromatic heterocycles. The highest BCUT2D eigenvalue weighted by Gasteiger charge is 2.08. The predicted molar refractivity (Wildman–Crippen MR) is 76.2 cm³/mol. The molecule has 0 saturated heterocycles. The number of hydrogen-bond acceptors (Lipinski definition) is 1. The van der Waals surface area contributed by atoms with Crippen molar-refractivity contribution in [1.82, 2.24) is 0 Å². The summed E-state index contributed by atoms with van der Waals surface area (Å²) in [5, 5.41) is 5.33. The Bertz CT molecular complexity index is 889. The minimum absolute atomic E-state index is 0.735. The van der Waals surface area contributed by atoms with Crippen LogP contribution in [0.2, 0.25) is 5.02 Å². The molecular weight excluding hydrogens is 244 g/mol. The molecule has 0 spiro atoms. The maximum atomic E-state index is 6.05. The van der Waals surface area contributed by atoms with Crippen molar-refractivity contribution in [1.29, 1.82) is 0 Å². The SMILES string of the molecule is Clc1ccc2oc3cc4ccccc4cc3c2c1. The van der Waals surface area contributed by atoms with Gasteiger partial charge in [0.25, 0.3) is 0 Å². The van der Waals surface area contributed by atoms with Crippen molar-refractivity contribution in [3.63, 3.8) is 0 Å². The van der Waals surface area contributed by atoms with Crippen molar-refractivity contribution in [2.45, 2.75) is 0 Å². The summed E-state index contributed by atoms with van der Waals surface area (Å²) >= 11 is 6.05. The van der Waals surface area contributed by atoms with Gasteiger partial charge in [-0.2, -0.15) is 0 Å². The topological polar surface area (TPSA) is 13.1 Å². The third-order valence-corrected chi connectivity index (χ3v) is 3.53. The first-order valence-corrected chi connectivity index (χ1v) is 6.20. The Hall–Kier alpha value is -1.99. The Kier molecular flexibility index (Phi) is 1.94. The second kappa shape index (κ2) is 3.50. The van der Waals surface area contributed by atoms with Crippen molar-refractivity contribution < 1.29 is 4.42 Å². The van der Waals surface area contributed by atoms with E-state index < -0.39 is 0 Å². The molecule has 0 aliphatic heterocycles. The summed E-state index contributed by atoms with van der Waals surface area (Å²) in [4.78, 5) is 0. The van der Waals surface area contributed by atoms with E-state index in [-0.39, 0.29) is 0 Å².